The van der Waals surface area contributed by atoms with Gasteiger partial charge in [-0.05, 0) is 50.4 Å². The van der Waals surface area contributed by atoms with Gasteiger partial charge < -0.3 is 24.6 Å². The number of allylic oxidation sites excluding steroid dienone is 1. The van der Waals surface area contributed by atoms with E-state index in [1.54, 1.807) is 0 Å². The molecule has 2 aromatic carbocycles. The smallest absolute Gasteiger partial charge is 0.101 e. The quantitative estimate of drug-likeness (QED) is 0.545. The summed E-state index contributed by atoms with van der Waals surface area (Å²) in [4.78, 5) is 11.6. The topological polar surface area (TPSA) is 76.4 Å². The van der Waals surface area contributed by atoms with E-state index < -0.39 is 0 Å². The van der Waals surface area contributed by atoms with Gasteiger partial charge in [0.05, 0.1) is 36.2 Å². The van der Waals surface area contributed by atoms with E-state index in [0.29, 0.717) is 11.3 Å². The fraction of sp³-hybridized carbons (Fsp3) is 0.484. The Bertz CT molecular complexity index is 1190. The zero-order chi connectivity index (χ0) is 27.2. The molecule has 0 aromatic heterocycles. The molecule has 8 heteroatoms. The summed E-state index contributed by atoms with van der Waals surface area (Å²) in [6, 6.07) is 15.0. The summed E-state index contributed by atoms with van der Waals surface area (Å²) in [6.07, 6.45) is 4.39. The maximum Gasteiger partial charge on any atom is 0.101 e. The number of nitrogens with one attached hydrogen (secondary N) is 1. The third kappa shape index (κ3) is 6.34. The fourth-order valence-electron chi connectivity index (χ4n) is 5.96. The van der Waals surface area contributed by atoms with Gasteiger partial charge in [0.1, 0.15) is 6.07 Å². The van der Waals surface area contributed by atoms with E-state index in [1.807, 2.05) is 31.2 Å². The lowest BCUT2D eigenvalue weighted by Gasteiger charge is -2.42. The molecule has 0 radical (unpaired) electrons. The molecule has 0 spiro atoms. The number of benzene rings is 2. The lowest BCUT2D eigenvalue weighted by Crippen LogP contribution is -2.54. The molecule has 0 bridgehead atoms. The summed E-state index contributed by atoms with van der Waals surface area (Å²) in [5, 5.41) is 13.0. The summed E-state index contributed by atoms with van der Waals surface area (Å²) in [5.41, 5.74) is 5.75. The van der Waals surface area contributed by atoms with Gasteiger partial charge in [-0.25, -0.2) is 0 Å². The van der Waals surface area contributed by atoms with Crippen molar-refractivity contribution in [2.45, 2.75) is 32.2 Å². The van der Waals surface area contributed by atoms with Gasteiger partial charge >= 0.3 is 0 Å². The van der Waals surface area contributed by atoms with Crippen LogP contribution in [0.4, 0.5) is 17.1 Å². The van der Waals surface area contributed by atoms with Gasteiger partial charge in [0.2, 0.25) is 0 Å². The minimum atomic E-state index is 0.109. The van der Waals surface area contributed by atoms with Crippen LogP contribution in [0.2, 0.25) is 0 Å². The first kappa shape index (κ1) is 27.4. The lowest BCUT2D eigenvalue weighted by molar-refractivity contribution is -0.0328. The molecule has 0 saturated carbocycles. The van der Waals surface area contributed by atoms with Gasteiger partial charge in [0.15, 0.2) is 0 Å². The summed E-state index contributed by atoms with van der Waals surface area (Å²) in [5.74, 6) is 0. The molecule has 3 heterocycles. The molecule has 1 N–H and O–H groups in total. The Kier molecular flexibility index (Phi) is 8.95. The predicted molar refractivity (Wildman–Crippen MR) is 158 cm³/mol. The average Bonchev–Trinajstić information content (AvgIpc) is 2.97. The Hall–Kier alpha value is -3.22. The van der Waals surface area contributed by atoms with Crippen LogP contribution >= 0.6 is 0 Å². The molecule has 2 aromatic rings. The normalized spacial score (nSPS) is 24.6. The van der Waals surface area contributed by atoms with Gasteiger partial charge in [0.25, 0.3) is 0 Å². The number of morpholine rings is 2. The van der Waals surface area contributed by atoms with Gasteiger partial charge in [0, 0.05) is 75.8 Å². The number of rotatable bonds is 7. The predicted octanol–water partition coefficient (Wildman–Crippen LogP) is 4.00. The lowest BCUT2D eigenvalue weighted by atomic mass is 10.0. The highest BCUT2D eigenvalue weighted by molar-refractivity contribution is 5.82. The summed E-state index contributed by atoms with van der Waals surface area (Å²) in [6.45, 7) is 17.0. The average molecular weight is 529 g/mol. The van der Waals surface area contributed by atoms with Crippen LogP contribution in [0.25, 0.3) is 6.08 Å². The van der Waals surface area contributed by atoms with Crippen molar-refractivity contribution in [3.8, 4) is 6.07 Å². The van der Waals surface area contributed by atoms with Crippen LogP contribution < -0.4 is 15.1 Å². The number of hydrogen-bond acceptors (Lipinski definition) is 8. The van der Waals surface area contributed by atoms with Crippen molar-refractivity contribution in [3.05, 3.63) is 59.2 Å². The first-order valence-corrected chi connectivity index (χ1v) is 14.1. The minimum Gasteiger partial charge on any atom is -0.371 e. The third-order valence-electron chi connectivity index (χ3n) is 7.86. The van der Waals surface area contributed by atoms with E-state index in [9.17, 15) is 5.26 Å². The second kappa shape index (κ2) is 12.8. The van der Waals surface area contributed by atoms with Gasteiger partial charge in [-0.3, -0.25) is 9.89 Å². The highest BCUT2D eigenvalue weighted by Crippen LogP contribution is 2.35. The van der Waals surface area contributed by atoms with Crippen molar-refractivity contribution in [1.82, 2.24) is 10.2 Å². The Labute approximate surface area is 232 Å². The maximum absolute atomic E-state index is 9.56. The first-order valence-electron chi connectivity index (χ1n) is 14.1. The Morgan fingerprint density at radius 2 is 1.90 bits per heavy atom. The van der Waals surface area contributed by atoms with Crippen LogP contribution in [0.5, 0.6) is 0 Å². The van der Waals surface area contributed by atoms with E-state index in [1.165, 1.54) is 11.3 Å². The molecule has 39 heavy (non-hydrogen) atoms. The summed E-state index contributed by atoms with van der Waals surface area (Å²) in [7, 11) is 0. The van der Waals surface area contributed by atoms with Crippen LogP contribution in [-0.2, 0) is 9.47 Å². The standard InChI is InChI=1S/C31H40N6O2/c1-4-5-28-29(11-8-25(18-32)31(28)33-3)37-20-23(2)39-27(22-37)21-35-13-15-36(16-14-35)26-9-6-24(7-10-26)30-19-34-12-17-38-30/h4-11,23,27,30,34H,3,12-17,19-22H2,1-2H3/b5-4-/t23-,27+,30+/m1/s1. The molecule has 3 fully saturated rings. The number of nitriles is 1. The second-order valence-corrected chi connectivity index (χ2v) is 10.6. The number of piperazine rings is 1. The van der Waals surface area contributed by atoms with E-state index in [0.717, 1.165) is 76.8 Å². The molecule has 0 aliphatic carbocycles. The maximum atomic E-state index is 9.56. The van der Waals surface area contributed by atoms with Crippen molar-refractivity contribution in [1.29, 1.82) is 5.26 Å². The molecule has 5 rings (SSSR count). The van der Waals surface area contributed by atoms with Crippen LogP contribution in [0.1, 0.15) is 36.6 Å². The minimum absolute atomic E-state index is 0.109. The molecule has 3 aliphatic heterocycles. The molecule has 3 saturated heterocycles. The van der Waals surface area contributed by atoms with Crippen LogP contribution in [-0.4, -0.2) is 89.3 Å². The Balaban J connectivity index is 1.20. The number of anilines is 2. The van der Waals surface area contributed by atoms with Gasteiger partial charge in [-0.1, -0.05) is 24.3 Å². The number of aliphatic imine (C=N–C) groups is 1. The van der Waals surface area contributed by atoms with E-state index >= 15 is 0 Å². The monoisotopic (exact) mass is 528 g/mol. The molecular formula is C31H40N6O2. The molecule has 8 nitrogen and oxygen atoms in total. The van der Waals surface area contributed by atoms with Crippen molar-refractivity contribution >= 4 is 29.9 Å². The molecule has 206 valence electrons. The van der Waals surface area contributed by atoms with Crippen LogP contribution in [0, 0.1) is 11.3 Å². The largest absolute Gasteiger partial charge is 0.371 e. The van der Waals surface area contributed by atoms with E-state index in [-0.39, 0.29) is 18.3 Å². The fourth-order valence-corrected chi connectivity index (χ4v) is 5.96. The number of nitrogens with zero attached hydrogens (tertiary/aromatic N) is 5. The van der Waals surface area contributed by atoms with Crippen LogP contribution in [0.15, 0.2) is 47.5 Å². The number of ether oxygens (including phenoxy) is 2. The van der Waals surface area contributed by atoms with Crippen molar-refractivity contribution in [3.63, 3.8) is 0 Å². The Morgan fingerprint density at radius 1 is 1.10 bits per heavy atom. The van der Waals surface area contributed by atoms with Crippen molar-refractivity contribution in [2.24, 2.45) is 4.99 Å². The molecule has 3 aliphatic rings. The highest BCUT2D eigenvalue weighted by atomic mass is 16.5. The van der Waals surface area contributed by atoms with Gasteiger partial charge in [-0.2, -0.15) is 5.26 Å². The number of hydrogen-bond donors (Lipinski definition) is 1. The molecule has 0 amide bonds. The van der Waals surface area contributed by atoms with Crippen molar-refractivity contribution in [2.75, 3.05) is 75.3 Å². The Morgan fingerprint density at radius 3 is 2.56 bits per heavy atom. The summed E-state index contributed by atoms with van der Waals surface area (Å²) >= 11 is 0. The zero-order valence-corrected chi connectivity index (χ0v) is 23.2. The molecule has 3 atom stereocenters. The summed E-state index contributed by atoms with van der Waals surface area (Å²) < 4.78 is 12.3. The SMILES string of the molecule is C=Nc1c(C#N)ccc(N2C[C@H](CN3CCN(c4ccc([C@@H]5CNCCO5)cc4)CC3)O[C@H](C)C2)c1/C=C\C. The molecular weight excluding hydrogens is 488 g/mol. The first-order chi connectivity index (χ1) is 19.1. The molecule has 0 unspecified atom stereocenters. The van der Waals surface area contributed by atoms with E-state index in [4.69, 9.17) is 9.47 Å². The van der Waals surface area contributed by atoms with E-state index in [2.05, 4.69) is 69.0 Å². The van der Waals surface area contributed by atoms with Crippen LogP contribution in [0.3, 0.4) is 0 Å². The highest BCUT2D eigenvalue weighted by Gasteiger charge is 2.30. The third-order valence-corrected chi connectivity index (χ3v) is 7.86. The zero-order valence-electron chi connectivity index (χ0n) is 23.2. The van der Waals surface area contributed by atoms with Crippen molar-refractivity contribution < 1.29 is 9.47 Å². The van der Waals surface area contributed by atoms with Gasteiger partial charge in [-0.15, -0.1) is 0 Å². The second-order valence-electron chi connectivity index (χ2n) is 10.6.